The molecule has 1 N–H and O–H groups in total. The number of hydrogen-bond acceptors (Lipinski definition) is 2. The highest BCUT2D eigenvalue weighted by molar-refractivity contribution is 6.99. The molecule has 0 saturated carbocycles. The highest BCUT2D eigenvalue weighted by Crippen LogP contribution is 2.37. The van der Waals surface area contributed by atoms with E-state index in [1.165, 1.54) is 10.4 Å². The first kappa shape index (κ1) is 17.7. The molecular formula is C20H26O2Si. The van der Waals surface area contributed by atoms with Crippen molar-refractivity contribution in [2.75, 3.05) is 0 Å². The summed E-state index contributed by atoms with van der Waals surface area (Å²) in [6, 6.07) is 20.6. The zero-order valence-electron chi connectivity index (χ0n) is 14.2. The molecule has 3 heteroatoms. The minimum absolute atomic E-state index is 0.127. The van der Waals surface area contributed by atoms with Crippen LogP contribution in [0.4, 0.5) is 0 Å². The van der Waals surface area contributed by atoms with Crippen LogP contribution in [0.2, 0.25) is 5.04 Å². The highest BCUT2D eigenvalue weighted by Gasteiger charge is 2.51. The fourth-order valence-corrected chi connectivity index (χ4v) is 7.61. The van der Waals surface area contributed by atoms with Crippen LogP contribution in [0.3, 0.4) is 0 Å². The SMILES string of the molecule is C=CC[C@@H](O)O[Si](c1ccccc1)(c1ccccc1)C(C)(C)C. The summed E-state index contributed by atoms with van der Waals surface area (Å²) in [4.78, 5) is 0. The summed E-state index contributed by atoms with van der Waals surface area (Å²) in [5.74, 6) is 0. The van der Waals surface area contributed by atoms with Gasteiger partial charge in [0.05, 0.1) is 0 Å². The lowest BCUT2D eigenvalue weighted by Crippen LogP contribution is -2.67. The lowest BCUT2D eigenvalue weighted by Gasteiger charge is -2.44. The van der Waals surface area contributed by atoms with Gasteiger partial charge in [0.1, 0.15) is 6.29 Å². The number of benzene rings is 2. The summed E-state index contributed by atoms with van der Waals surface area (Å²) in [6.07, 6.45) is 1.27. The van der Waals surface area contributed by atoms with Crippen molar-refractivity contribution in [1.82, 2.24) is 0 Å². The Morgan fingerprint density at radius 3 is 1.78 bits per heavy atom. The fraction of sp³-hybridized carbons (Fsp3) is 0.300. The van der Waals surface area contributed by atoms with E-state index in [1.54, 1.807) is 6.08 Å². The Kier molecular flexibility index (Phi) is 5.58. The maximum atomic E-state index is 10.4. The first-order valence-corrected chi connectivity index (χ1v) is 9.90. The normalized spacial score (nSPS) is 13.6. The van der Waals surface area contributed by atoms with E-state index in [2.05, 4.69) is 51.6 Å². The molecule has 0 bridgehead atoms. The zero-order valence-corrected chi connectivity index (χ0v) is 15.2. The second-order valence-corrected chi connectivity index (χ2v) is 11.0. The van der Waals surface area contributed by atoms with Crippen LogP contribution in [-0.2, 0) is 4.43 Å². The van der Waals surface area contributed by atoms with E-state index in [0.29, 0.717) is 6.42 Å². The van der Waals surface area contributed by atoms with Crippen molar-refractivity contribution in [1.29, 1.82) is 0 Å². The third-order valence-corrected chi connectivity index (χ3v) is 9.13. The average Bonchev–Trinajstić information content (AvgIpc) is 2.53. The summed E-state index contributed by atoms with van der Waals surface area (Å²) in [5, 5.41) is 12.6. The molecule has 122 valence electrons. The Morgan fingerprint density at radius 2 is 1.43 bits per heavy atom. The minimum atomic E-state index is -2.65. The maximum absolute atomic E-state index is 10.4. The molecule has 0 unspecified atom stereocenters. The molecule has 0 aliphatic carbocycles. The van der Waals surface area contributed by atoms with Crippen LogP contribution in [0.15, 0.2) is 73.3 Å². The second kappa shape index (κ2) is 7.26. The van der Waals surface area contributed by atoms with Gasteiger partial charge in [-0.05, 0) is 15.4 Å². The summed E-state index contributed by atoms with van der Waals surface area (Å²) < 4.78 is 6.44. The van der Waals surface area contributed by atoms with Crippen LogP contribution in [0.25, 0.3) is 0 Å². The smallest absolute Gasteiger partial charge is 0.264 e. The first-order chi connectivity index (χ1) is 10.9. The monoisotopic (exact) mass is 326 g/mol. The van der Waals surface area contributed by atoms with E-state index >= 15 is 0 Å². The van der Waals surface area contributed by atoms with Crippen molar-refractivity contribution >= 4 is 18.7 Å². The Hall–Kier alpha value is -1.68. The second-order valence-electron chi connectivity index (χ2n) is 6.76. The summed E-state index contributed by atoms with van der Waals surface area (Å²) in [5.41, 5.74) is 0. The fourth-order valence-electron chi connectivity index (χ4n) is 3.09. The molecule has 0 saturated heterocycles. The summed E-state index contributed by atoms with van der Waals surface area (Å²) >= 11 is 0. The van der Waals surface area contributed by atoms with Gasteiger partial charge in [-0.2, -0.15) is 0 Å². The predicted molar refractivity (Wildman–Crippen MR) is 99.5 cm³/mol. The van der Waals surface area contributed by atoms with Crippen LogP contribution < -0.4 is 10.4 Å². The van der Waals surface area contributed by atoms with E-state index in [0.717, 1.165) is 0 Å². The molecule has 0 radical (unpaired) electrons. The molecule has 0 spiro atoms. The average molecular weight is 327 g/mol. The molecule has 23 heavy (non-hydrogen) atoms. The van der Waals surface area contributed by atoms with Gasteiger partial charge in [-0.1, -0.05) is 87.5 Å². The van der Waals surface area contributed by atoms with Crippen molar-refractivity contribution in [3.63, 3.8) is 0 Å². The number of aliphatic hydroxyl groups excluding tert-OH is 1. The molecule has 2 aromatic carbocycles. The Morgan fingerprint density at radius 1 is 1.00 bits per heavy atom. The van der Waals surface area contributed by atoms with E-state index in [1.807, 2.05) is 36.4 Å². The van der Waals surface area contributed by atoms with Crippen LogP contribution >= 0.6 is 0 Å². The summed E-state index contributed by atoms with van der Waals surface area (Å²) in [6.45, 7) is 10.3. The van der Waals surface area contributed by atoms with Gasteiger partial charge < -0.3 is 9.53 Å². The molecule has 0 aromatic heterocycles. The molecule has 2 rings (SSSR count). The Balaban J connectivity index is 2.67. The van der Waals surface area contributed by atoms with Crippen molar-refractivity contribution in [3.05, 3.63) is 73.3 Å². The lowest BCUT2D eigenvalue weighted by molar-refractivity contribution is -0.0217. The molecule has 0 aliphatic rings. The number of aliphatic hydroxyl groups is 1. The van der Waals surface area contributed by atoms with Gasteiger partial charge >= 0.3 is 0 Å². The topological polar surface area (TPSA) is 29.5 Å². The molecule has 0 aliphatic heterocycles. The maximum Gasteiger partial charge on any atom is 0.264 e. The molecule has 2 aromatic rings. The van der Waals surface area contributed by atoms with Gasteiger partial charge in [-0.3, -0.25) is 0 Å². The molecule has 0 fully saturated rings. The predicted octanol–water partition coefficient (Wildman–Crippen LogP) is 3.46. The summed E-state index contributed by atoms with van der Waals surface area (Å²) in [7, 11) is -2.65. The van der Waals surface area contributed by atoms with E-state index in [4.69, 9.17) is 4.43 Å². The zero-order chi connectivity index (χ0) is 16.9. The van der Waals surface area contributed by atoms with E-state index in [9.17, 15) is 5.11 Å². The first-order valence-electron chi connectivity index (χ1n) is 7.99. The van der Waals surface area contributed by atoms with Crippen molar-refractivity contribution < 1.29 is 9.53 Å². The van der Waals surface area contributed by atoms with Gasteiger partial charge in [0, 0.05) is 6.42 Å². The van der Waals surface area contributed by atoms with E-state index in [-0.39, 0.29) is 5.04 Å². The number of hydrogen-bond donors (Lipinski definition) is 1. The molecule has 2 nitrogen and oxygen atoms in total. The quantitative estimate of drug-likeness (QED) is 0.500. The van der Waals surface area contributed by atoms with Gasteiger partial charge in [0.25, 0.3) is 8.32 Å². The third kappa shape index (κ3) is 3.63. The highest BCUT2D eigenvalue weighted by atomic mass is 28.4. The minimum Gasteiger partial charge on any atom is -0.382 e. The van der Waals surface area contributed by atoms with Gasteiger partial charge in [-0.15, -0.1) is 6.58 Å². The van der Waals surface area contributed by atoms with Crippen molar-refractivity contribution in [3.8, 4) is 0 Å². The third-order valence-electron chi connectivity index (χ3n) is 4.10. The largest absolute Gasteiger partial charge is 0.382 e. The van der Waals surface area contributed by atoms with Gasteiger partial charge in [0.15, 0.2) is 0 Å². The molecule has 0 heterocycles. The Labute approximate surface area is 140 Å². The van der Waals surface area contributed by atoms with Crippen LogP contribution in [0.1, 0.15) is 27.2 Å². The lowest BCUT2D eigenvalue weighted by atomic mass is 10.2. The number of rotatable bonds is 6. The molecular weight excluding hydrogens is 300 g/mol. The Bertz CT molecular complexity index is 578. The molecule has 0 amide bonds. The molecule has 1 atom stereocenters. The van der Waals surface area contributed by atoms with Crippen LogP contribution in [0.5, 0.6) is 0 Å². The van der Waals surface area contributed by atoms with Gasteiger partial charge in [0.2, 0.25) is 0 Å². The van der Waals surface area contributed by atoms with Crippen LogP contribution in [-0.4, -0.2) is 19.7 Å². The van der Waals surface area contributed by atoms with Crippen molar-refractivity contribution in [2.24, 2.45) is 0 Å². The standard InChI is InChI=1S/C20H26O2Si/c1-5-12-19(21)22-23(20(2,3)4,17-13-8-6-9-14-17)18-15-10-7-11-16-18/h5-11,13-16,19,21H,1,12H2,2-4H3/t19-/m0/s1. The van der Waals surface area contributed by atoms with Gasteiger partial charge in [-0.25, -0.2) is 0 Å². The van der Waals surface area contributed by atoms with Crippen molar-refractivity contribution in [2.45, 2.75) is 38.5 Å². The van der Waals surface area contributed by atoms with Crippen LogP contribution in [0, 0.1) is 0 Å². The van der Waals surface area contributed by atoms with E-state index < -0.39 is 14.6 Å².